The Labute approximate surface area is 268 Å². The number of likely N-dealkylation sites (tertiary alicyclic amines) is 1. The van der Waals surface area contributed by atoms with E-state index in [1.54, 1.807) is 41.5 Å². The number of carbonyl (C=O) groups excluding carboxylic acids is 5. The van der Waals surface area contributed by atoms with Crippen LogP contribution >= 0.6 is 0 Å². The molecule has 0 aromatic rings. The lowest BCUT2D eigenvalue weighted by Crippen LogP contribution is -2.62. The first-order valence-electron chi connectivity index (χ1n) is 16.1. The normalized spacial score (nSPS) is 25.0. The van der Waals surface area contributed by atoms with Crippen LogP contribution in [0, 0.1) is 34.5 Å². The predicted octanol–water partition coefficient (Wildman–Crippen LogP) is 2.15. The molecule has 3 rings (SSSR count). The number of nitrogens with zero attached hydrogens (tertiary/aromatic N) is 1. The van der Waals surface area contributed by atoms with Crippen molar-refractivity contribution >= 4 is 39.4 Å². The Hall–Kier alpha value is -2.70. The summed E-state index contributed by atoms with van der Waals surface area (Å²) in [6, 6.07) is -4.36. The Morgan fingerprint density at radius 3 is 1.98 bits per heavy atom. The third-order valence-electron chi connectivity index (χ3n) is 10.3. The summed E-state index contributed by atoms with van der Waals surface area (Å²) in [6.07, 6.45) is 3.16. The highest BCUT2D eigenvalue weighted by Gasteiger charge is 2.70. The smallest absolute Gasteiger partial charge is 0.315 e. The summed E-state index contributed by atoms with van der Waals surface area (Å²) in [5.41, 5.74) is 4.34. The van der Waals surface area contributed by atoms with Gasteiger partial charge < -0.3 is 26.6 Å². The van der Waals surface area contributed by atoms with Gasteiger partial charge in [-0.05, 0) is 61.7 Å². The van der Waals surface area contributed by atoms with Crippen LogP contribution in [0.1, 0.15) is 94.9 Å². The first-order valence-corrected chi connectivity index (χ1v) is 17.8. The van der Waals surface area contributed by atoms with Gasteiger partial charge in [-0.3, -0.25) is 19.2 Å². The number of fused-ring (bicyclic) bond motifs is 1. The highest BCUT2D eigenvalue weighted by atomic mass is 32.2. The minimum atomic E-state index is -3.55. The highest BCUT2D eigenvalue weighted by molar-refractivity contribution is 7.92. The maximum Gasteiger partial charge on any atom is 0.315 e. The molecule has 5 amide bonds. The van der Waals surface area contributed by atoms with Crippen LogP contribution in [-0.4, -0.2) is 84.1 Å². The first-order chi connectivity index (χ1) is 20.4. The maximum atomic E-state index is 14.2. The van der Waals surface area contributed by atoms with Crippen LogP contribution in [0.25, 0.3) is 0 Å². The Kier molecular flexibility index (Phi) is 10.5. The van der Waals surface area contributed by atoms with E-state index in [2.05, 4.69) is 16.0 Å². The maximum absolute atomic E-state index is 14.2. The fourth-order valence-corrected chi connectivity index (χ4v) is 8.02. The van der Waals surface area contributed by atoms with Crippen LogP contribution in [0.2, 0.25) is 0 Å². The number of piperidine rings is 1. The summed E-state index contributed by atoms with van der Waals surface area (Å²) in [5.74, 6) is -3.26. The van der Waals surface area contributed by atoms with Gasteiger partial charge in [0.05, 0.1) is 16.5 Å². The lowest BCUT2D eigenvalue weighted by atomic mass is 9.80. The van der Waals surface area contributed by atoms with E-state index in [4.69, 9.17) is 5.73 Å². The van der Waals surface area contributed by atoms with E-state index in [-0.39, 0.29) is 34.8 Å². The Morgan fingerprint density at radius 2 is 1.53 bits per heavy atom. The van der Waals surface area contributed by atoms with Crippen LogP contribution in [0.15, 0.2) is 0 Å². The lowest BCUT2D eigenvalue weighted by Gasteiger charge is -2.38. The molecule has 0 radical (unpaired) electrons. The quantitative estimate of drug-likeness (QED) is 0.233. The molecule has 6 atom stereocenters. The summed E-state index contributed by atoms with van der Waals surface area (Å²) in [6.45, 7) is 18.3. The summed E-state index contributed by atoms with van der Waals surface area (Å²) in [5, 5.41) is 8.33. The number of primary amides is 1. The molecule has 45 heavy (non-hydrogen) atoms. The third kappa shape index (κ3) is 8.00. The highest BCUT2D eigenvalue weighted by Crippen LogP contribution is 2.65. The van der Waals surface area contributed by atoms with E-state index >= 15 is 0 Å². The molecule has 2 unspecified atom stereocenters. The van der Waals surface area contributed by atoms with Crippen molar-refractivity contribution in [2.24, 2.45) is 40.2 Å². The molecule has 5 N–H and O–H groups in total. The molecule has 3 fully saturated rings. The monoisotopic (exact) mass is 653 g/mol. The van der Waals surface area contributed by atoms with Crippen molar-refractivity contribution in [2.75, 3.05) is 12.3 Å². The second-order valence-electron chi connectivity index (χ2n) is 16.4. The van der Waals surface area contributed by atoms with Gasteiger partial charge in [0.1, 0.15) is 12.1 Å². The molecule has 3 aliphatic rings. The Bertz CT molecular complexity index is 1290. The topological polar surface area (TPSA) is 185 Å². The van der Waals surface area contributed by atoms with Gasteiger partial charge in [0.2, 0.25) is 17.6 Å². The second kappa shape index (κ2) is 12.8. The molecule has 256 valence electrons. The second-order valence-corrected chi connectivity index (χ2v) is 19.2. The van der Waals surface area contributed by atoms with Crippen molar-refractivity contribution in [1.82, 2.24) is 20.9 Å². The Morgan fingerprint density at radius 1 is 0.956 bits per heavy atom. The minimum Gasteiger partial charge on any atom is -0.363 e. The van der Waals surface area contributed by atoms with Gasteiger partial charge in [-0.15, -0.1) is 0 Å². The molecule has 2 saturated carbocycles. The van der Waals surface area contributed by atoms with Crippen molar-refractivity contribution in [2.45, 2.75) is 124 Å². The zero-order chi connectivity index (χ0) is 34.4. The number of carbonyl (C=O) groups is 5. The van der Waals surface area contributed by atoms with Gasteiger partial charge in [0, 0.05) is 12.6 Å². The van der Waals surface area contributed by atoms with Crippen LogP contribution in [0.3, 0.4) is 0 Å². The third-order valence-corrected chi connectivity index (χ3v) is 12.9. The van der Waals surface area contributed by atoms with E-state index in [0.717, 1.165) is 19.3 Å². The van der Waals surface area contributed by atoms with Gasteiger partial charge in [-0.2, -0.15) is 0 Å². The molecule has 2 aliphatic carbocycles. The van der Waals surface area contributed by atoms with Crippen molar-refractivity contribution < 1.29 is 32.4 Å². The number of urea groups is 1. The summed E-state index contributed by atoms with van der Waals surface area (Å²) < 4.78 is 24.8. The van der Waals surface area contributed by atoms with E-state index in [9.17, 15) is 32.4 Å². The van der Waals surface area contributed by atoms with Gasteiger partial charge in [-0.1, -0.05) is 67.7 Å². The number of hydrogen-bond donors (Lipinski definition) is 4. The first kappa shape index (κ1) is 36.8. The molecule has 1 heterocycles. The standard InChI is InChI=1S/C32H55N5O7S/c1-17(2)21(16-45(43,44)31(6,7)8)35-29(42)36-25(30(3,4)5)28(41)37-15-19-22(32(19,9)10)23(37)27(40)34-20(24(38)26(33)39)14-18-12-11-13-18/h17-23,25H,11-16H2,1-10H3,(H2,33,39)(H,34,40)(H2,35,36,42)/t19?,20?,21-,22+,23+,25-/m1/s1. The van der Waals surface area contributed by atoms with Crippen molar-refractivity contribution in [3.8, 4) is 0 Å². The summed E-state index contributed by atoms with van der Waals surface area (Å²) in [4.78, 5) is 67.4. The van der Waals surface area contributed by atoms with Crippen LogP contribution < -0.4 is 21.7 Å². The molecule has 0 aromatic heterocycles. The van der Waals surface area contributed by atoms with Gasteiger partial charge in [0.15, 0.2) is 9.84 Å². The number of hydrogen-bond acceptors (Lipinski definition) is 7. The van der Waals surface area contributed by atoms with Crippen molar-refractivity contribution in [3.05, 3.63) is 0 Å². The van der Waals surface area contributed by atoms with Gasteiger partial charge >= 0.3 is 6.03 Å². The summed E-state index contributed by atoms with van der Waals surface area (Å²) in [7, 11) is -3.55. The predicted molar refractivity (Wildman–Crippen MR) is 171 cm³/mol. The van der Waals surface area contributed by atoms with E-state index in [1.165, 1.54) is 4.90 Å². The number of amides is 5. The van der Waals surface area contributed by atoms with E-state index in [1.807, 2.05) is 27.7 Å². The van der Waals surface area contributed by atoms with Crippen LogP contribution in [-0.2, 0) is 29.0 Å². The number of nitrogens with one attached hydrogen (secondary N) is 3. The molecule has 0 aromatic carbocycles. The Balaban J connectivity index is 1.82. The van der Waals surface area contributed by atoms with Gasteiger partial charge in [0.25, 0.3) is 5.91 Å². The zero-order valence-corrected chi connectivity index (χ0v) is 29.5. The number of nitrogens with two attached hydrogens (primary N) is 1. The summed E-state index contributed by atoms with van der Waals surface area (Å²) >= 11 is 0. The van der Waals surface area contributed by atoms with Crippen LogP contribution in [0.5, 0.6) is 0 Å². The fourth-order valence-electron chi connectivity index (χ4n) is 6.58. The molecule has 0 bridgehead atoms. The molecular formula is C32H55N5O7S. The van der Waals surface area contributed by atoms with Crippen LogP contribution in [0.4, 0.5) is 4.79 Å². The van der Waals surface area contributed by atoms with E-state index in [0.29, 0.717) is 13.0 Å². The molecule has 1 saturated heterocycles. The van der Waals surface area contributed by atoms with Crippen molar-refractivity contribution in [1.29, 1.82) is 0 Å². The zero-order valence-electron chi connectivity index (χ0n) is 28.7. The average Bonchev–Trinajstić information content (AvgIpc) is 3.19. The molecule has 13 heteroatoms. The fraction of sp³-hybridized carbons (Fsp3) is 0.844. The molecule has 0 spiro atoms. The molecular weight excluding hydrogens is 598 g/mol. The number of rotatable bonds is 12. The number of Topliss-reactive ketones (excluding diaryl/α,β-unsaturated/α-hetero) is 1. The minimum absolute atomic E-state index is 0.0523. The van der Waals surface area contributed by atoms with E-state index < -0.39 is 73.7 Å². The molecule has 1 aliphatic heterocycles. The number of sulfone groups is 1. The van der Waals surface area contributed by atoms with Crippen molar-refractivity contribution in [3.63, 3.8) is 0 Å². The van der Waals surface area contributed by atoms with Gasteiger partial charge in [-0.25, -0.2) is 13.2 Å². The largest absolute Gasteiger partial charge is 0.363 e. The number of ketones is 1. The average molecular weight is 654 g/mol. The SMILES string of the molecule is CC(C)[C@@H](CS(=O)(=O)C(C)(C)C)NC(=O)N[C@H](C(=O)N1CC2[C@@H]([C@H]1C(=O)NC(CC1CCC1)C(=O)C(N)=O)C2(C)C)C(C)(C)C. The molecule has 12 nitrogen and oxygen atoms in total. The lowest BCUT2D eigenvalue weighted by molar-refractivity contribution is -0.145.